The molecule has 28 heavy (non-hydrogen) atoms. The van der Waals surface area contributed by atoms with E-state index in [9.17, 15) is 19.8 Å². The van der Waals surface area contributed by atoms with Crippen molar-refractivity contribution in [3.05, 3.63) is 35.4 Å². The van der Waals surface area contributed by atoms with Crippen molar-refractivity contribution in [1.82, 2.24) is 0 Å². The Kier molecular flexibility index (Phi) is 6.70. The zero-order chi connectivity index (χ0) is 20.8. The van der Waals surface area contributed by atoms with Gasteiger partial charge in [-0.1, -0.05) is 0 Å². The van der Waals surface area contributed by atoms with E-state index in [1.54, 1.807) is 0 Å². The smallest absolute Gasteiger partial charge is 0.170 e. The van der Waals surface area contributed by atoms with Crippen molar-refractivity contribution < 1.29 is 38.7 Å². The Morgan fingerprint density at radius 1 is 0.679 bits per heavy atom. The largest absolute Gasteiger partial charge is 0.507 e. The number of Topliss-reactive ketones (excluding diaryl/α,β-unsaturated/α-hetero) is 2. The zero-order valence-electron chi connectivity index (χ0n) is 16.1. The van der Waals surface area contributed by atoms with Crippen molar-refractivity contribution in [3.63, 3.8) is 0 Å². The van der Waals surface area contributed by atoms with Crippen LogP contribution in [0.5, 0.6) is 34.5 Å². The molecular formula is C20H22O8. The highest BCUT2D eigenvalue weighted by atomic mass is 16.5. The first-order valence-electron chi connectivity index (χ1n) is 8.32. The Hall–Kier alpha value is -3.42. The van der Waals surface area contributed by atoms with E-state index in [1.165, 1.54) is 52.7 Å². The summed E-state index contributed by atoms with van der Waals surface area (Å²) >= 11 is 0. The van der Waals surface area contributed by atoms with Crippen LogP contribution in [0, 0.1) is 0 Å². The van der Waals surface area contributed by atoms with Crippen LogP contribution in [0.1, 0.15) is 33.6 Å². The highest BCUT2D eigenvalue weighted by molar-refractivity contribution is 6.06. The summed E-state index contributed by atoms with van der Waals surface area (Å²) in [6, 6.07) is 5.51. The molecule has 2 aromatic rings. The van der Waals surface area contributed by atoms with Crippen molar-refractivity contribution in [2.24, 2.45) is 0 Å². The van der Waals surface area contributed by atoms with E-state index in [1.807, 2.05) is 0 Å². The average molecular weight is 390 g/mol. The summed E-state index contributed by atoms with van der Waals surface area (Å²) in [6.07, 6.45) is -0.409. The lowest BCUT2D eigenvalue weighted by Crippen LogP contribution is -2.09. The lowest BCUT2D eigenvalue weighted by molar-refractivity contribution is 0.0910. The van der Waals surface area contributed by atoms with Crippen molar-refractivity contribution >= 4 is 11.6 Å². The molecule has 2 N–H and O–H groups in total. The first-order valence-corrected chi connectivity index (χ1v) is 8.32. The molecule has 0 saturated carbocycles. The van der Waals surface area contributed by atoms with Gasteiger partial charge in [0, 0.05) is 37.1 Å². The normalized spacial score (nSPS) is 10.3. The Morgan fingerprint density at radius 2 is 1.04 bits per heavy atom. The predicted octanol–water partition coefficient (Wildman–Crippen LogP) is 2.98. The maximum Gasteiger partial charge on any atom is 0.170 e. The molecule has 0 saturated heterocycles. The lowest BCUT2D eigenvalue weighted by Gasteiger charge is -2.13. The van der Waals surface area contributed by atoms with Crippen LogP contribution in [0.2, 0.25) is 0 Å². The molecule has 0 aliphatic heterocycles. The summed E-state index contributed by atoms with van der Waals surface area (Å²) in [5.74, 6) is -0.658. The Morgan fingerprint density at radius 3 is 1.32 bits per heavy atom. The van der Waals surface area contributed by atoms with E-state index in [2.05, 4.69) is 0 Å². The molecule has 0 bridgehead atoms. The highest BCUT2D eigenvalue weighted by Crippen LogP contribution is 2.36. The molecule has 0 heterocycles. The van der Waals surface area contributed by atoms with Gasteiger partial charge in [-0.15, -0.1) is 0 Å². The maximum absolute atomic E-state index is 12.6. The number of carbonyl (C=O) groups excluding carboxylic acids is 2. The number of carbonyl (C=O) groups is 2. The van der Waals surface area contributed by atoms with Crippen molar-refractivity contribution in [3.8, 4) is 34.5 Å². The van der Waals surface area contributed by atoms with Gasteiger partial charge in [0.05, 0.1) is 28.4 Å². The topological polar surface area (TPSA) is 112 Å². The third-order valence-corrected chi connectivity index (χ3v) is 4.16. The average Bonchev–Trinajstić information content (AvgIpc) is 2.69. The fourth-order valence-corrected chi connectivity index (χ4v) is 2.75. The number of rotatable bonds is 9. The number of methoxy groups -OCH3 is 4. The van der Waals surface area contributed by atoms with Crippen molar-refractivity contribution in [2.45, 2.75) is 12.8 Å². The maximum atomic E-state index is 12.6. The Balaban J connectivity index is 2.23. The van der Waals surface area contributed by atoms with Gasteiger partial charge in [-0.25, -0.2) is 0 Å². The molecule has 8 heteroatoms. The van der Waals surface area contributed by atoms with Crippen LogP contribution in [-0.2, 0) is 0 Å². The van der Waals surface area contributed by atoms with Crippen molar-refractivity contribution in [1.29, 1.82) is 0 Å². The van der Waals surface area contributed by atoms with Gasteiger partial charge < -0.3 is 29.2 Å². The number of hydrogen-bond donors (Lipinski definition) is 2. The molecule has 0 amide bonds. The SMILES string of the molecule is COc1cc(O)c(C(=O)CCC(=O)c2c(O)cc(OC)cc2OC)c(OC)c1. The molecule has 0 radical (unpaired) electrons. The summed E-state index contributed by atoms with van der Waals surface area (Å²) in [4.78, 5) is 25.1. The highest BCUT2D eigenvalue weighted by Gasteiger charge is 2.23. The van der Waals surface area contributed by atoms with Gasteiger partial charge in [-0.05, 0) is 0 Å². The number of benzene rings is 2. The van der Waals surface area contributed by atoms with Gasteiger partial charge in [-0.3, -0.25) is 9.59 Å². The predicted molar refractivity (Wildman–Crippen MR) is 100 cm³/mol. The second kappa shape index (κ2) is 8.98. The molecule has 2 aromatic carbocycles. The van der Waals surface area contributed by atoms with Gasteiger partial charge in [0.25, 0.3) is 0 Å². The second-order valence-corrected chi connectivity index (χ2v) is 5.79. The molecule has 0 aliphatic rings. The van der Waals surface area contributed by atoms with Crippen molar-refractivity contribution in [2.75, 3.05) is 28.4 Å². The number of hydrogen-bond acceptors (Lipinski definition) is 8. The Labute approximate surface area is 162 Å². The minimum Gasteiger partial charge on any atom is -0.507 e. The van der Waals surface area contributed by atoms with E-state index in [0.29, 0.717) is 11.5 Å². The molecule has 0 spiro atoms. The summed E-state index contributed by atoms with van der Waals surface area (Å²) in [5, 5.41) is 20.3. The van der Waals surface area contributed by atoms with Crippen LogP contribution in [-0.4, -0.2) is 50.2 Å². The van der Waals surface area contributed by atoms with E-state index < -0.39 is 11.6 Å². The molecule has 0 fully saturated rings. The number of aromatic hydroxyl groups is 2. The summed E-state index contributed by atoms with van der Waals surface area (Å²) < 4.78 is 20.3. The quantitative estimate of drug-likeness (QED) is 0.629. The first kappa shape index (κ1) is 20.9. The second-order valence-electron chi connectivity index (χ2n) is 5.79. The minimum absolute atomic E-state index is 0.0398. The van der Waals surface area contributed by atoms with Crippen LogP contribution >= 0.6 is 0 Å². The molecule has 0 atom stereocenters. The lowest BCUT2D eigenvalue weighted by atomic mass is 9.99. The minimum atomic E-state index is -0.489. The monoisotopic (exact) mass is 390 g/mol. The fraction of sp³-hybridized carbons (Fsp3) is 0.300. The summed E-state index contributed by atoms with van der Waals surface area (Å²) in [6.45, 7) is 0. The first-order chi connectivity index (χ1) is 13.4. The van der Waals surface area contributed by atoms with Crippen LogP contribution in [0.15, 0.2) is 24.3 Å². The molecule has 0 unspecified atom stereocenters. The zero-order valence-corrected chi connectivity index (χ0v) is 16.1. The summed E-state index contributed by atoms with van der Waals surface area (Å²) in [5.41, 5.74) is -0.0796. The van der Waals surface area contributed by atoms with E-state index in [-0.39, 0.29) is 47.0 Å². The van der Waals surface area contributed by atoms with E-state index >= 15 is 0 Å². The van der Waals surface area contributed by atoms with Gasteiger partial charge in [0.15, 0.2) is 11.6 Å². The van der Waals surface area contributed by atoms with Gasteiger partial charge in [-0.2, -0.15) is 0 Å². The molecule has 0 aliphatic carbocycles. The Bertz CT molecular complexity index is 815. The number of ether oxygens (including phenoxy) is 4. The molecule has 2 rings (SSSR count). The van der Waals surface area contributed by atoms with Gasteiger partial charge >= 0.3 is 0 Å². The molecule has 8 nitrogen and oxygen atoms in total. The van der Waals surface area contributed by atoms with E-state index in [0.717, 1.165) is 0 Å². The number of phenols is 2. The summed E-state index contributed by atoms with van der Waals surface area (Å²) in [7, 11) is 5.55. The third-order valence-electron chi connectivity index (χ3n) is 4.16. The number of phenolic OH excluding ortho intramolecular Hbond substituents is 2. The molecule has 0 aromatic heterocycles. The molecular weight excluding hydrogens is 368 g/mol. The molecule has 150 valence electrons. The third kappa shape index (κ3) is 4.28. The van der Waals surface area contributed by atoms with Crippen LogP contribution in [0.25, 0.3) is 0 Å². The van der Waals surface area contributed by atoms with E-state index in [4.69, 9.17) is 18.9 Å². The standard InChI is InChI=1S/C20H22O8/c1-25-11-7-15(23)19(17(9-11)27-3)13(21)5-6-14(22)20-16(24)8-12(26-2)10-18(20)28-4/h7-10,23-24H,5-6H2,1-4H3. The number of ketones is 2. The van der Waals surface area contributed by atoms with Crippen LogP contribution in [0.3, 0.4) is 0 Å². The van der Waals surface area contributed by atoms with Gasteiger partial charge in [0.2, 0.25) is 0 Å². The fourth-order valence-electron chi connectivity index (χ4n) is 2.75. The van der Waals surface area contributed by atoms with Gasteiger partial charge in [0.1, 0.15) is 45.6 Å². The van der Waals surface area contributed by atoms with Crippen LogP contribution in [0.4, 0.5) is 0 Å². The van der Waals surface area contributed by atoms with Crippen LogP contribution < -0.4 is 18.9 Å².